The molecule has 90 valence electrons. The zero-order chi connectivity index (χ0) is 12.1. The predicted octanol–water partition coefficient (Wildman–Crippen LogP) is 1.93. The third-order valence-corrected chi connectivity index (χ3v) is 2.71. The molecule has 2 atom stereocenters. The highest BCUT2D eigenvalue weighted by molar-refractivity contribution is 5.76. The van der Waals surface area contributed by atoms with Crippen LogP contribution < -0.4 is 10.6 Å². The summed E-state index contributed by atoms with van der Waals surface area (Å²) in [6, 6.07) is 0.686. The van der Waals surface area contributed by atoms with Crippen molar-refractivity contribution in [2.45, 2.75) is 59.5 Å². The number of nitrogens with one attached hydrogen (secondary N) is 2. The first-order valence-corrected chi connectivity index (χ1v) is 5.77. The number of carbonyl (C=O) groups excluding carboxylic acids is 1. The zero-order valence-electron chi connectivity index (χ0n) is 11.0. The average molecular weight is 214 g/mol. The molecule has 1 amide bonds. The summed E-state index contributed by atoms with van der Waals surface area (Å²) in [4.78, 5) is 11.2. The van der Waals surface area contributed by atoms with Crippen LogP contribution in [0.5, 0.6) is 0 Å². The van der Waals surface area contributed by atoms with Gasteiger partial charge < -0.3 is 10.6 Å². The molecule has 0 bridgehead atoms. The molecule has 0 aliphatic rings. The molecule has 0 fully saturated rings. The molecule has 0 aliphatic heterocycles. The lowest BCUT2D eigenvalue weighted by molar-refractivity contribution is -0.121. The summed E-state index contributed by atoms with van der Waals surface area (Å²) < 4.78 is 0. The maximum absolute atomic E-state index is 11.2. The quantitative estimate of drug-likeness (QED) is 0.734. The Morgan fingerprint density at radius 3 is 2.20 bits per heavy atom. The Kier molecular flexibility index (Phi) is 5.88. The van der Waals surface area contributed by atoms with Crippen molar-refractivity contribution in [3.63, 3.8) is 0 Å². The van der Waals surface area contributed by atoms with Crippen LogP contribution >= 0.6 is 0 Å². The molecule has 2 unspecified atom stereocenters. The predicted molar refractivity (Wildman–Crippen MR) is 64.8 cm³/mol. The van der Waals surface area contributed by atoms with Crippen molar-refractivity contribution in [3.05, 3.63) is 0 Å². The Bertz CT molecular complexity index is 196. The van der Waals surface area contributed by atoms with Gasteiger partial charge in [0.15, 0.2) is 0 Å². The smallest absolute Gasteiger partial charge is 0.221 e. The van der Waals surface area contributed by atoms with Gasteiger partial charge in [0.05, 0.1) is 0 Å². The van der Waals surface area contributed by atoms with Gasteiger partial charge in [-0.15, -0.1) is 0 Å². The van der Waals surface area contributed by atoms with E-state index in [1.165, 1.54) is 0 Å². The summed E-state index contributed by atoms with van der Waals surface area (Å²) in [5.74, 6) is 0.0961. The molecule has 0 aromatic carbocycles. The summed E-state index contributed by atoms with van der Waals surface area (Å²) in [5, 5.41) is 6.16. The van der Waals surface area contributed by atoms with Gasteiger partial charge in [0.1, 0.15) is 0 Å². The lowest BCUT2D eigenvalue weighted by Gasteiger charge is -2.33. The molecule has 3 heteroatoms. The molecule has 0 saturated heterocycles. The minimum absolute atomic E-state index is 0.0961. The van der Waals surface area contributed by atoms with Crippen molar-refractivity contribution >= 4 is 5.91 Å². The van der Waals surface area contributed by atoms with E-state index >= 15 is 0 Å². The molecule has 0 saturated carbocycles. The highest BCUT2D eigenvalue weighted by atomic mass is 16.1. The van der Waals surface area contributed by atoms with Crippen LogP contribution in [-0.4, -0.2) is 25.0 Å². The first-order chi connectivity index (χ1) is 6.81. The van der Waals surface area contributed by atoms with Crippen LogP contribution in [0.4, 0.5) is 0 Å². The third-order valence-electron chi connectivity index (χ3n) is 2.71. The number of rotatable bonds is 5. The van der Waals surface area contributed by atoms with Gasteiger partial charge in [0, 0.05) is 25.6 Å². The molecule has 2 N–H and O–H groups in total. The second-order valence-corrected chi connectivity index (χ2v) is 5.27. The van der Waals surface area contributed by atoms with E-state index < -0.39 is 0 Å². The van der Waals surface area contributed by atoms with Crippen LogP contribution in [0, 0.1) is 5.41 Å². The van der Waals surface area contributed by atoms with Crippen LogP contribution in [0.3, 0.4) is 0 Å². The molecule has 0 aliphatic carbocycles. The maximum atomic E-state index is 11.2. The molecular formula is C12H26N2O. The minimum atomic E-state index is 0.0961. The van der Waals surface area contributed by atoms with Crippen molar-refractivity contribution in [3.8, 4) is 0 Å². The summed E-state index contributed by atoms with van der Waals surface area (Å²) in [7, 11) is 1.68. The monoisotopic (exact) mass is 214 g/mol. The largest absolute Gasteiger partial charge is 0.359 e. The van der Waals surface area contributed by atoms with Gasteiger partial charge in [0.2, 0.25) is 5.91 Å². The zero-order valence-corrected chi connectivity index (χ0v) is 11.0. The SMILES string of the molecule is CCC(NC(C)CC(=O)NC)C(C)(C)C. The topological polar surface area (TPSA) is 41.1 Å². The van der Waals surface area contributed by atoms with E-state index in [0.717, 1.165) is 6.42 Å². The van der Waals surface area contributed by atoms with E-state index in [4.69, 9.17) is 0 Å². The Labute approximate surface area is 94.0 Å². The van der Waals surface area contributed by atoms with Gasteiger partial charge in [-0.25, -0.2) is 0 Å². The lowest BCUT2D eigenvalue weighted by atomic mass is 9.84. The van der Waals surface area contributed by atoms with Crippen LogP contribution in [0.25, 0.3) is 0 Å². The van der Waals surface area contributed by atoms with Crippen LogP contribution in [0.2, 0.25) is 0 Å². The van der Waals surface area contributed by atoms with Crippen molar-refractivity contribution in [2.75, 3.05) is 7.05 Å². The Hall–Kier alpha value is -0.570. The number of hydrogen-bond donors (Lipinski definition) is 2. The summed E-state index contributed by atoms with van der Waals surface area (Å²) in [6.45, 7) is 10.9. The van der Waals surface area contributed by atoms with Crippen molar-refractivity contribution in [1.29, 1.82) is 0 Å². The van der Waals surface area contributed by atoms with Crippen LogP contribution in [-0.2, 0) is 4.79 Å². The minimum Gasteiger partial charge on any atom is -0.359 e. The summed E-state index contributed by atoms with van der Waals surface area (Å²) >= 11 is 0. The standard InChI is InChI=1S/C12H26N2O/c1-7-10(12(3,4)5)14-9(2)8-11(15)13-6/h9-10,14H,7-8H2,1-6H3,(H,13,15). The highest BCUT2D eigenvalue weighted by Gasteiger charge is 2.24. The van der Waals surface area contributed by atoms with E-state index in [-0.39, 0.29) is 17.4 Å². The van der Waals surface area contributed by atoms with Crippen molar-refractivity contribution in [2.24, 2.45) is 5.41 Å². The van der Waals surface area contributed by atoms with Gasteiger partial charge in [-0.3, -0.25) is 4.79 Å². The first kappa shape index (κ1) is 14.4. The van der Waals surface area contributed by atoms with Gasteiger partial charge >= 0.3 is 0 Å². The van der Waals surface area contributed by atoms with Crippen LogP contribution in [0.15, 0.2) is 0 Å². The Balaban J connectivity index is 4.13. The van der Waals surface area contributed by atoms with E-state index in [9.17, 15) is 4.79 Å². The molecule has 0 radical (unpaired) electrons. The molecular weight excluding hydrogens is 188 g/mol. The normalized spacial score (nSPS) is 15.9. The van der Waals surface area contributed by atoms with E-state index in [1.807, 2.05) is 0 Å². The maximum Gasteiger partial charge on any atom is 0.221 e. The van der Waals surface area contributed by atoms with Gasteiger partial charge in [0.25, 0.3) is 0 Å². The third kappa shape index (κ3) is 5.78. The van der Waals surface area contributed by atoms with Gasteiger partial charge in [-0.1, -0.05) is 27.7 Å². The van der Waals surface area contributed by atoms with Gasteiger partial charge in [-0.2, -0.15) is 0 Å². The fourth-order valence-electron chi connectivity index (χ4n) is 1.76. The summed E-state index contributed by atoms with van der Waals surface area (Å²) in [6.07, 6.45) is 1.63. The number of carbonyl (C=O) groups is 1. The second-order valence-electron chi connectivity index (χ2n) is 5.27. The molecule has 3 nitrogen and oxygen atoms in total. The van der Waals surface area contributed by atoms with Crippen LogP contribution in [0.1, 0.15) is 47.5 Å². The van der Waals surface area contributed by atoms with Crippen molar-refractivity contribution < 1.29 is 4.79 Å². The molecule has 0 aromatic rings. The number of amides is 1. The van der Waals surface area contributed by atoms with E-state index in [1.54, 1.807) is 7.05 Å². The van der Waals surface area contributed by atoms with E-state index in [0.29, 0.717) is 12.5 Å². The fourth-order valence-corrected chi connectivity index (χ4v) is 1.76. The molecule has 0 aromatic heterocycles. The average Bonchev–Trinajstić information content (AvgIpc) is 2.12. The van der Waals surface area contributed by atoms with Gasteiger partial charge in [-0.05, 0) is 18.8 Å². The second kappa shape index (κ2) is 6.11. The van der Waals surface area contributed by atoms with Crippen molar-refractivity contribution in [1.82, 2.24) is 10.6 Å². The molecule has 0 spiro atoms. The highest BCUT2D eigenvalue weighted by Crippen LogP contribution is 2.22. The molecule has 0 rings (SSSR count). The fraction of sp³-hybridized carbons (Fsp3) is 0.917. The summed E-state index contributed by atoms with van der Waals surface area (Å²) in [5.41, 5.74) is 0.242. The Morgan fingerprint density at radius 1 is 1.33 bits per heavy atom. The number of hydrogen-bond acceptors (Lipinski definition) is 2. The van der Waals surface area contributed by atoms with E-state index in [2.05, 4.69) is 45.3 Å². The first-order valence-electron chi connectivity index (χ1n) is 5.77. The molecule has 0 heterocycles. The Morgan fingerprint density at radius 2 is 1.87 bits per heavy atom. The molecule has 15 heavy (non-hydrogen) atoms. The lowest BCUT2D eigenvalue weighted by Crippen LogP contribution is -2.45.